The highest BCUT2D eigenvalue weighted by Crippen LogP contribution is 2.31. The van der Waals surface area contributed by atoms with Gasteiger partial charge in [0.05, 0.1) is 0 Å². The maximum Gasteiger partial charge on any atom is 0.348 e. The molecule has 1 heterocycles. The lowest BCUT2D eigenvalue weighted by atomic mass is 9.73. The van der Waals surface area contributed by atoms with E-state index in [1.54, 1.807) is 0 Å². The lowest BCUT2D eigenvalue weighted by molar-refractivity contribution is -0.187. The van der Waals surface area contributed by atoms with Gasteiger partial charge in [0.2, 0.25) is 11.6 Å². The SMILES string of the molecule is C1CCNCC1.O=C(O)C(O)(C(=O)c1ccccc1)C(O)(C(=O)O)C(=O)c1ccccc1. The molecule has 2 unspecified atom stereocenters. The summed E-state index contributed by atoms with van der Waals surface area (Å²) in [4.78, 5) is 48.5. The molecule has 32 heavy (non-hydrogen) atoms. The fraction of sp³-hybridized carbons (Fsp3) is 0.304. The highest BCUT2D eigenvalue weighted by atomic mass is 16.5. The molecule has 9 nitrogen and oxygen atoms in total. The van der Waals surface area contributed by atoms with E-state index in [1.807, 2.05) is 0 Å². The summed E-state index contributed by atoms with van der Waals surface area (Å²) in [5.41, 5.74) is -8.68. The molecule has 0 saturated carbocycles. The number of hydrogen-bond acceptors (Lipinski definition) is 7. The molecule has 0 bridgehead atoms. The second kappa shape index (κ2) is 10.8. The smallest absolute Gasteiger partial charge is 0.348 e. The molecular formula is C23H25NO8. The van der Waals surface area contributed by atoms with Gasteiger partial charge in [-0.2, -0.15) is 0 Å². The molecule has 3 rings (SSSR count). The van der Waals surface area contributed by atoms with Crippen LogP contribution in [0.25, 0.3) is 0 Å². The summed E-state index contributed by atoms with van der Waals surface area (Å²) >= 11 is 0. The van der Waals surface area contributed by atoms with E-state index in [2.05, 4.69) is 5.32 Å². The van der Waals surface area contributed by atoms with E-state index in [9.17, 15) is 39.6 Å². The van der Waals surface area contributed by atoms with Crippen LogP contribution in [-0.2, 0) is 9.59 Å². The van der Waals surface area contributed by atoms with Gasteiger partial charge in [-0.15, -0.1) is 0 Å². The van der Waals surface area contributed by atoms with Crippen LogP contribution in [-0.4, -0.2) is 68.2 Å². The second-order valence-electron chi connectivity index (χ2n) is 7.23. The van der Waals surface area contributed by atoms with Crippen molar-refractivity contribution in [2.75, 3.05) is 13.1 Å². The molecule has 2 atom stereocenters. The molecule has 0 aliphatic carbocycles. The Balaban J connectivity index is 0.000000520. The van der Waals surface area contributed by atoms with Gasteiger partial charge in [-0.3, -0.25) is 9.59 Å². The van der Waals surface area contributed by atoms with Crippen LogP contribution in [0, 0.1) is 0 Å². The summed E-state index contributed by atoms with van der Waals surface area (Å²) in [5, 5.41) is 43.1. The Kier molecular flexibility index (Phi) is 8.36. The second-order valence-corrected chi connectivity index (χ2v) is 7.23. The zero-order valence-electron chi connectivity index (χ0n) is 17.2. The molecule has 9 heteroatoms. The van der Waals surface area contributed by atoms with Gasteiger partial charge in [-0.25, -0.2) is 9.59 Å². The molecule has 2 aromatic rings. The zero-order valence-corrected chi connectivity index (χ0v) is 17.2. The van der Waals surface area contributed by atoms with Crippen LogP contribution < -0.4 is 5.32 Å². The number of piperidine rings is 1. The number of nitrogens with one attached hydrogen (secondary N) is 1. The highest BCUT2D eigenvalue weighted by Gasteiger charge is 2.69. The number of carbonyl (C=O) groups excluding carboxylic acids is 2. The van der Waals surface area contributed by atoms with Gasteiger partial charge < -0.3 is 25.7 Å². The number of carboxylic acids is 2. The van der Waals surface area contributed by atoms with Crippen molar-refractivity contribution in [3.05, 3.63) is 71.8 Å². The third kappa shape index (κ3) is 4.91. The molecule has 1 fully saturated rings. The molecule has 170 valence electrons. The summed E-state index contributed by atoms with van der Waals surface area (Å²) in [7, 11) is 0. The first-order valence-electron chi connectivity index (χ1n) is 9.99. The molecule has 1 aliphatic heterocycles. The van der Waals surface area contributed by atoms with E-state index in [0.717, 1.165) is 24.3 Å². The predicted molar refractivity (Wildman–Crippen MR) is 113 cm³/mol. The topological polar surface area (TPSA) is 161 Å². The van der Waals surface area contributed by atoms with Crippen molar-refractivity contribution in [2.45, 2.75) is 30.5 Å². The molecular weight excluding hydrogens is 418 g/mol. The van der Waals surface area contributed by atoms with Crippen LogP contribution >= 0.6 is 0 Å². The Morgan fingerprint density at radius 2 is 0.969 bits per heavy atom. The number of Topliss-reactive ketones (excluding diaryl/α,β-unsaturated/α-hetero) is 2. The number of aliphatic carboxylic acids is 2. The Morgan fingerprint density at radius 1 is 0.625 bits per heavy atom. The minimum Gasteiger partial charge on any atom is -0.479 e. The quantitative estimate of drug-likeness (QED) is 0.312. The monoisotopic (exact) mass is 443 g/mol. The average molecular weight is 443 g/mol. The van der Waals surface area contributed by atoms with Gasteiger partial charge in [-0.1, -0.05) is 67.1 Å². The summed E-state index contributed by atoms with van der Waals surface area (Å²) < 4.78 is 0. The number of rotatable bonds is 7. The molecule has 5 N–H and O–H groups in total. The summed E-state index contributed by atoms with van der Waals surface area (Å²) in [6.45, 7) is 2.50. The predicted octanol–water partition coefficient (Wildman–Crippen LogP) is 1.14. The fourth-order valence-corrected chi connectivity index (χ4v) is 3.23. The number of aliphatic hydroxyl groups is 2. The third-order valence-corrected chi connectivity index (χ3v) is 5.08. The highest BCUT2D eigenvalue weighted by molar-refractivity contribution is 6.28. The summed E-state index contributed by atoms with van der Waals surface area (Å²) in [6, 6.07) is 12.8. The summed E-state index contributed by atoms with van der Waals surface area (Å²) in [5.74, 6) is -8.03. The molecule has 1 aliphatic rings. The van der Waals surface area contributed by atoms with E-state index < -0.39 is 45.8 Å². The molecule has 1 saturated heterocycles. The van der Waals surface area contributed by atoms with Gasteiger partial charge in [0.15, 0.2) is 0 Å². The number of hydrogen-bond donors (Lipinski definition) is 5. The number of benzene rings is 2. The first-order chi connectivity index (χ1) is 15.2. The Labute approximate surface area is 184 Å². The fourth-order valence-electron chi connectivity index (χ4n) is 3.23. The van der Waals surface area contributed by atoms with E-state index in [4.69, 9.17) is 0 Å². The van der Waals surface area contributed by atoms with Crippen LogP contribution in [0.3, 0.4) is 0 Å². The van der Waals surface area contributed by atoms with Crippen molar-refractivity contribution in [1.29, 1.82) is 0 Å². The van der Waals surface area contributed by atoms with Crippen molar-refractivity contribution < 1.29 is 39.6 Å². The molecule has 0 radical (unpaired) electrons. The van der Waals surface area contributed by atoms with Gasteiger partial charge >= 0.3 is 11.9 Å². The molecule has 0 spiro atoms. The first-order valence-corrected chi connectivity index (χ1v) is 9.99. The van der Waals surface area contributed by atoms with E-state index >= 15 is 0 Å². The van der Waals surface area contributed by atoms with E-state index in [-0.39, 0.29) is 0 Å². The lowest BCUT2D eigenvalue weighted by Crippen LogP contribution is -2.71. The first kappa shape index (κ1) is 24.9. The van der Waals surface area contributed by atoms with Crippen molar-refractivity contribution in [3.63, 3.8) is 0 Å². The zero-order chi connectivity index (χ0) is 23.8. The number of carbonyl (C=O) groups is 4. The van der Waals surface area contributed by atoms with E-state index in [0.29, 0.717) is 0 Å². The minimum atomic E-state index is -3.95. The van der Waals surface area contributed by atoms with Crippen molar-refractivity contribution in [2.24, 2.45) is 0 Å². The minimum absolute atomic E-state index is 0.391. The van der Waals surface area contributed by atoms with Crippen LogP contribution in [0.5, 0.6) is 0 Å². The maximum absolute atomic E-state index is 12.6. The van der Waals surface area contributed by atoms with E-state index in [1.165, 1.54) is 68.8 Å². The van der Waals surface area contributed by atoms with Crippen LogP contribution in [0.4, 0.5) is 0 Å². The van der Waals surface area contributed by atoms with Crippen molar-refractivity contribution in [3.8, 4) is 0 Å². The van der Waals surface area contributed by atoms with Crippen LogP contribution in [0.15, 0.2) is 60.7 Å². The molecule has 0 aromatic heterocycles. The van der Waals surface area contributed by atoms with Gasteiger partial charge in [-0.05, 0) is 25.9 Å². The van der Waals surface area contributed by atoms with Gasteiger partial charge in [0.1, 0.15) is 0 Å². The van der Waals surface area contributed by atoms with Crippen molar-refractivity contribution >= 4 is 23.5 Å². The normalized spacial score (nSPS) is 16.9. The molecule has 0 amide bonds. The average Bonchev–Trinajstić information content (AvgIpc) is 2.84. The van der Waals surface area contributed by atoms with Gasteiger partial charge in [0, 0.05) is 11.1 Å². The van der Waals surface area contributed by atoms with Crippen LogP contribution in [0.2, 0.25) is 0 Å². The number of carboxylic acid groups (broad SMARTS) is 2. The van der Waals surface area contributed by atoms with Crippen molar-refractivity contribution in [1.82, 2.24) is 5.32 Å². The maximum atomic E-state index is 12.6. The Morgan fingerprint density at radius 3 is 1.19 bits per heavy atom. The summed E-state index contributed by atoms with van der Waals surface area (Å²) in [6.07, 6.45) is 4.22. The number of ketones is 2. The largest absolute Gasteiger partial charge is 0.479 e. The Bertz CT molecular complexity index is 873. The lowest BCUT2D eigenvalue weighted by Gasteiger charge is -2.34. The Hall–Kier alpha value is -3.40. The third-order valence-electron chi connectivity index (χ3n) is 5.08. The van der Waals surface area contributed by atoms with Gasteiger partial charge in [0.25, 0.3) is 11.2 Å². The standard InChI is InChI=1S/C18H14O8.C5H11N/c19-13(11-7-3-1-4-8-11)17(25,15(21)22)18(26,16(23)24)14(20)12-9-5-2-6-10-12;1-2-4-6-5-3-1/h1-10,25-26H,(H,21,22)(H,23,24);6H,1-5H2. The molecule has 2 aromatic carbocycles. The van der Waals surface area contributed by atoms with Crippen LogP contribution in [0.1, 0.15) is 40.0 Å².